The highest BCUT2D eigenvalue weighted by Crippen LogP contribution is 2.49. The molecule has 2 atom stereocenters. The average Bonchev–Trinajstić information content (AvgIpc) is 2.72. The van der Waals surface area contributed by atoms with E-state index in [2.05, 4.69) is 0 Å². The highest BCUT2D eigenvalue weighted by Gasteiger charge is 2.37. The van der Waals surface area contributed by atoms with Gasteiger partial charge in [0.2, 0.25) is 11.5 Å². The maximum absolute atomic E-state index is 11.7. The van der Waals surface area contributed by atoms with E-state index < -0.39 is 17.8 Å². The van der Waals surface area contributed by atoms with Crippen LogP contribution in [0.4, 0.5) is 0 Å². The van der Waals surface area contributed by atoms with Crippen molar-refractivity contribution in [1.82, 2.24) is 0 Å². The summed E-state index contributed by atoms with van der Waals surface area (Å²) in [5, 5.41) is 20.3. The highest BCUT2D eigenvalue weighted by molar-refractivity contribution is 5.88. The first-order valence-corrected chi connectivity index (χ1v) is 8.51. The van der Waals surface area contributed by atoms with Gasteiger partial charge < -0.3 is 33.6 Å². The molecule has 28 heavy (non-hydrogen) atoms. The van der Waals surface area contributed by atoms with Crippen molar-refractivity contribution < 1.29 is 33.6 Å². The maximum atomic E-state index is 11.7. The second-order valence-electron chi connectivity index (χ2n) is 6.22. The van der Waals surface area contributed by atoms with E-state index in [4.69, 9.17) is 23.4 Å². The van der Waals surface area contributed by atoms with Crippen LogP contribution < -0.4 is 24.6 Å². The molecule has 0 saturated heterocycles. The molecule has 0 saturated carbocycles. The van der Waals surface area contributed by atoms with Gasteiger partial charge in [-0.15, -0.1) is 0 Å². The van der Waals surface area contributed by atoms with Crippen LogP contribution in [0.2, 0.25) is 0 Å². The summed E-state index contributed by atoms with van der Waals surface area (Å²) in [4.78, 5) is 11.7. The highest BCUT2D eigenvalue weighted by atomic mass is 16.6. The molecule has 0 radical (unpaired) electrons. The third kappa shape index (κ3) is 2.87. The third-order valence-electron chi connectivity index (χ3n) is 4.57. The molecule has 0 amide bonds. The number of rotatable bonds is 4. The molecular weight excluding hydrogens is 368 g/mol. The summed E-state index contributed by atoms with van der Waals surface area (Å²) in [5.41, 5.74) is 0.291. The van der Waals surface area contributed by atoms with Crippen LogP contribution in [0.1, 0.15) is 11.7 Å². The number of phenolic OH excluding ortho intramolecular Hbond substituents is 1. The van der Waals surface area contributed by atoms with Crippen molar-refractivity contribution in [1.29, 1.82) is 0 Å². The molecule has 146 valence electrons. The Morgan fingerprint density at radius 1 is 1.00 bits per heavy atom. The Balaban J connectivity index is 1.89. The molecule has 0 fully saturated rings. The molecule has 2 heterocycles. The number of benzene rings is 2. The van der Waals surface area contributed by atoms with Crippen LogP contribution in [0.15, 0.2) is 45.6 Å². The normalized spacial score (nSPS) is 18.1. The lowest BCUT2D eigenvalue weighted by molar-refractivity contribution is -0.0137. The predicted octanol–water partition coefficient (Wildman–Crippen LogP) is 2.39. The quantitative estimate of drug-likeness (QED) is 0.658. The van der Waals surface area contributed by atoms with E-state index in [-0.39, 0.29) is 35.2 Å². The summed E-state index contributed by atoms with van der Waals surface area (Å²) < 4.78 is 28.0. The Kier molecular flexibility index (Phi) is 4.48. The van der Waals surface area contributed by atoms with Gasteiger partial charge in [0.05, 0.1) is 20.8 Å². The summed E-state index contributed by atoms with van der Waals surface area (Å²) in [6, 6.07) is 9.26. The summed E-state index contributed by atoms with van der Waals surface area (Å²) in [6.07, 6.45) is -1.50. The largest absolute Gasteiger partial charge is 0.504 e. The number of phenols is 1. The van der Waals surface area contributed by atoms with Gasteiger partial charge in [0.25, 0.3) is 0 Å². The lowest BCUT2D eigenvalue weighted by Crippen LogP contribution is -2.36. The minimum Gasteiger partial charge on any atom is -0.504 e. The van der Waals surface area contributed by atoms with Crippen LogP contribution in [0.5, 0.6) is 28.7 Å². The van der Waals surface area contributed by atoms with Crippen molar-refractivity contribution >= 4 is 11.0 Å². The minimum atomic E-state index is -0.761. The zero-order chi connectivity index (χ0) is 19.8. The summed E-state index contributed by atoms with van der Waals surface area (Å²) >= 11 is 0. The molecule has 2 aromatic carbocycles. The van der Waals surface area contributed by atoms with Gasteiger partial charge in [-0.05, 0) is 24.3 Å². The van der Waals surface area contributed by atoms with Crippen LogP contribution in [-0.2, 0) is 0 Å². The fraction of sp³-hybridized carbons (Fsp3) is 0.250. The molecule has 4 rings (SSSR count). The van der Waals surface area contributed by atoms with E-state index in [0.29, 0.717) is 16.7 Å². The summed E-state index contributed by atoms with van der Waals surface area (Å²) in [5.74, 6) is 1.06. The maximum Gasteiger partial charge on any atom is 0.336 e. The van der Waals surface area contributed by atoms with Crippen molar-refractivity contribution in [2.75, 3.05) is 20.8 Å². The topological polar surface area (TPSA) is 108 Å². The molecule has 0 bridgehead atoms. The van der Waals surface area contributed by atoms with Gasteiger partial charge >= 0.3 is 5.63 Å². The van der Waals surface area contributed by atoms with Gasteiger partial charge in [-0.2, -0.15) is 0 Å². The number of hydrogen-bond donors (Lipinski definition) is 2. The summed E-state index contributed by atoms with van der Waals surface area (Å²) in [7, 11) is 2.91. The molecule has 3 aromatic rings. The zero-order valence-corrected chi connectivity index (χ0v) is 15.2. The number of aliphatic hydroxyl groups excluding tert-OH is 1. The molecule has 1 aliphatic rings. The van der Waals surface area contributed by atoms with Crippen LogP contribution in [0.3, 0.4) is 0 Å². The monoisotopic (exact) mass is 386 g/mol. The van der Waals surface area contributed by atoms with Crippen LogP contribution in [-0.4, -0.2) is 37.1 Å². The predicted molar refractivity (Wildman–Crippen MR) is 98.6 cm³/mol. The van der Waals surface area contributed by atoms with Gasteiger partial charge in [0.15, 0.2) is 35.0 Å². The molecule has 0 aliphatic carbocycles. The molecular formula is C20H18O8. The van der Waals surface area contributed by atoms with E-state index in [0.717, 1.165) is 0 Å². The lowest BCUT2D eigenvalue weighted by Gasteiger charge is -2.34. The van der Waals surface area contributed by atoms with Gasteiger partial charge in [0, 0.05) is 17.0 Å². The van der Waals surface area contributed by atoms with E-state index in [9.17, 15) is 15.0 Å². The number of aromatic hydroxyl groups is 1. The molecule has 2 N–H and O–H groups in total. The minimum absolute atomic E-state index is 0.0259. The fourth-order valence-electron chi connectivity index (χ4n) is 3.21. The van der Waals surface area contributed by atoms with E-state index in [1.165, 1.54) is 26.4 Å². The standard InChI is InChI=1S/C20H18O8/c1-24-13-7-10(3-5-12(13)22)17-15(9-21)26-19-14(25-2)8-11-4-6-16(23)27-18(11)20(19)28-17/h3-8,15,17,21-22H,9H2,1-2H3/t15-,17-/m1/s1. The third-order valence-corrected chi connectivity index (χ3v) is 4.57. The van der Waals surface area contributed by atoms with Crippen LogP contribution in [0, 0.1) is 0 Å². The SMILES string of the molecule is COc1cc([C@H]2Oc3c(c(OC)cc4ccc(=O)oc34)O[C@@H]2CO)ccc1O. The van der Waals surface area contributed by atoms with Crippen molar-refractivity contribution in [3.8, 4) is 28.7 Å². The van der Waals surface area contributed by atoms with Gasteiger partial charge in [-0.1, -0.05) is 6.07 Å². The number of hydrogen-bond acceptors (Lipinski definition) is 8. The number of aliphatic hydroxyl groups is 1. The van der Waals surface area contributed by atoms with Gasteiger partial charge in [0.1, 0.15) is 0 Å². The molecule has 0 unspecified atom stereocenters. The molecule has 8 nitrogen and oxygen atoms in total. The Morgan fingerprint density at radius 2 is 1.79 bits per heavy atom. The second-order valence-corrected chi connectivity index (χ2v) is 6.22. The zero-order valence-electron chi connectivity index (χ0n) is 15.2. The Bertz CT molecular complexity index is 1090. The van der Waals surface area contributed by atoms with Crippen LogP contribution >= 0.6 is 0 Å². The second kappa shape index (κ2) is 6.97. The van der Waals surface area contributed by atoms with E-state index in [1.807, 2.05) is 0 Å². The molecule has 1 aromatic heterocycles. The van der Waals surface area contributed by atoms with E-state index >= 15 is 0 Å². The number of ether oxygens (including phenoxy) is 4. The average molecular weight is 386 g/mol. The van der Waals surface area contributed by atoms with Crippen molar-refractivity contribution in [3.63, 3.8) is 0 Å². The van der Waals surface area contributed by atoms with Gasteiger partial charge in [-0.3, -0.25) is 0 Å². The molecule has 8 heteroatoms. The summed E-state index contributed by atoms with van der Waals surface area (Å²) in [6.45, 7) is -0.340. The smallest absolute Gasteiger partial charge is 0.336 e. The van der Waals surface area contributed by atoms with Crippen molar-refractivity contribution in [2.45, 2.75) is 12.2 Å². The Labute approximate surface area is 159 Å². The van der Waals surface area contributed by atoms with Gasteiger partial charge in [-0.25, -0.2) is 4.79 Å². The Hall–Kier alpha value is -3.39. The first-order chi connectivity index (χ1) is 13.5. The van der Waals surface area contributed by atoms with E-state index in [1.54, 1.807) is 24.3 Å². The lowest BCUT2D eigenvalue weighted by atomic mass is 10.0. The first kappa shape index (κ1) is 18.0. The fourth-order valence-corrected chi connectivity index (χ4v) is 3.21. The Morgan fingerprint density at radius 3 is 2.50 bits per heavy atom. The molecule has 0 spiro atoms. The number of fused-ring (bicyclic) bond motifs is 3. The first-order valence-electron chi connectivity index (χ1n) is 8.51. The number of methoxy groups -OCH3 is 2. The van der Waals surface area contributed by atoms with Crippen LogP contribution in [0.25, 0.3) is 11.0 Å². The van der Waals surface area contributed by atoms with Crippen molar-refractivity contribution in [2.24, 2.45) is 0 Å². The van der Waals surface area contributed by atoms with Crippen molar-refractivity contribution in [3.05, 3.63) is 52.4 Å². The molecule has 1 aliphatic heterocycles.